The van der Waals surface area contributed by atoms with E-state index in [0.29, 0.717) is 22.7 Å². The standard InChI is InChI=1S/C14H9ClF4O/c15-10-3-1-2-8(6-10)13(20)9-4-5-12(16)11(7-9)14(17,18)19/h1-7,13,20H. The molecular formula is C14H9ClF4O. The molecule has 6 heteroatoms. The van der Waals surface area contributed by atoms with Gasteiger partial charge in [-0.15, -0.1) is 0 Å². The molecule has 0 radical (unpaired) electrons. The quantitative estimate of drug-likeness (QED) is 0.805. The third-order valence-corrected chi connectivity index (χ3v) is 3.01. The summed E-state index contributed by atoms with van der Waals surface area (Å²) in [4.78, 5) is 0. The Morgan fingerprint density at radius 3 is 2.25 bits per heavy atom. The molecule has 20 heavy (non-hydrogen) atoms. The summed E-state index contributed by atoms with van der Waals surface area (Å²) in [7, 11) is 0. The number of benzene rings is 2. The largest absolute Gasteiger partial charge is 0.419 e. The number of rotatable bonds is 2. The zero-order valence-electron chi connectivity index (χ0n) is 9.96. The Morgan fingerprint density at radius 2 is 1.65 bits per heavy atom. The highest BCUT2D eigenvalue weighted by Crippen LogP contribution is 2.34. The monoisotopic (exact) mass is 304 g/mol. The first-order chi connectivity index (χ1) is 9.29. The van der Waals surface area contributed by atoms with Crippen LogP contribution >= 0.6 is 11.6 Å². The van der Waals surface area contributed by atoms with Crippen LogP contribution in [0.1, 0.15) is 22.8 Å². The van der Waals surface area contributed by atoms with E-state index < -0.39 is 23.7 Å². The van der Waals surface area contributed by atoms with Crippen molar-refractivity contribution in [2.24, 2.45) is 0 Å². The van der Waals surface area contributed by atoms with Gasteiger partial charge in [-0.3, -0.25) is 0 Å². The van der Waals surface area contributed by atoms with Crippen molar-refractivity contribution in [3.63, 3.8) is 0 Å². The van der Waals surface area contributed by atoms with Crippen LogP contribution < -0.4 is 0 Å². The van der Waals surface area contributed by atoms with Crippen molar-refractivity contribution < 1.29 is 22.7 Å². The van der Waals surface area contributed by atoms with Crippen molar-refractivity contribution in [1.29, 1.82) is 0 Å². The lowest BCUT2D eigenvalue weighted by Gasteiger charge is -2.15. The van der Waals surface area contributed by atoms with Gasteiger partial charge in [-0.2, -0.15) is 13.2 Å². The number of aliphatic hydroxyl groups is 1. The Morgan fingerprint density at radius 1 is 1.00 bits per heavy atom. The second-order valence-electron chi connectivity index (χ2n) is 4.19. The smallest absolute Gasteiger partial charge is 0.384 e. The van der Waals surface area contributed by atoms with E-state index in [9.17, 15) is 22.7 Å². The van der Waals surface area contributed by atoms with Crippen LogP contribution in [0.4, 0.5) is 17.6 Å². The van der Waals surface area contributed by atoms with Crippen molar-refractivity contribution in [2.75, 3.05) is 0 Å². The lowest BCUT2D eigenvalue weighted by atomic mass is 9.99. The zero-order chi connectivity index (χ0) is 14.9. The third kappa shape index (κ3) is 3.11. The van der Waals surface area contributed by atoms with E-state index in [1.807, 2.05) is 0 Å². The molecule has 0 aliphatic carbocycles. The van der Waals surface area contributed by atoms with Gasteiger partial charge in [-0.05, 0) is 35.4 Å². The van der Waals surface area contributed by atoms with Crippen molar-refractivity contribution in [1.82, 2.24) is 0 Å². The molecule has 1 N–H and O–H groups in total. The molecule has 1 unspecified atom stereocenters. The maximum atomic E-state index is 13.2. The van der Waals surface area contributed by atoms with Crippen molar-refractivity contribution in [3.8, 4) is 0 Å². The highest BCUT2D eigenvalue weighted by Gasteiger charge is 2.34. The lowest BCUT2D eigenvalue weighted by molar-refractivity contribution is -0.140. The Balaban J connectivity index is 2.43. The van der Waals surface area contributed by atoms with Gasteiger partial charge in [0.15, 0.2) is 0 Å². The van der Waals surface area contributed by atoms with Crippen LogP contribution in [0.5, 0.6) is 0 Å². The molecule has 0 amide bonds. The average Bonchev–Trinajstić information content (AvgIpc) is 2.37. The van der Waals surface area contributed by atoms with E-state index >= 15 is 0 Å². The van der Waals surface area contributed by atoms with Crippen molar-refractivity contribution in [3.05, 3.63) is 70.0 Å². The minimum atomic E-state index is -4.81. The fraction of sp³-hybridized carbons (Fsp3) is 0.143. The summed E-state index contributed by atoms with van der Waals surface area (Å²) in [5.74, 6) is -1.38. The summed E-state index contributed by atoms with van der Waals surface area (Å²) in [5.41, 5.74) is -1.13. The molecule has 2 aromatic carbocycles. The van der Waals surface area contributed by atoms with Crippen LogP contribution in [0.2, 0.25) is 5.02 Å². The normalized spacial score (nSPS) is 13.3. The lowest BCUT2D eigenvalue weighted by Crippen LogP contribution is -2.10. The minimum Gasteiger partial charge on any atom is -0.384 e. The Kier molecular flexibility index (Phi) is 4.01. The molecule has 0 fully saturated rings. The molecule has 0 aromatic heterocycles. The SMILES string of the molecule is OC(c1cccc(Cl)c1)c1ccc(F)c(C(F)(F)F)c1. The van der Waals surface area contributed by atoms with E-state index in [4.69, 9.17) is 11.6 Å². The fourth-order valence-electron chi connectivity index (χ4n) is 1.80. The first kappa shape index (κ1) is 14.8. The molecule has 0 heterocycles. The van der Waals surface area contributed by atoms with Gasteiger partial charge in [-0.1, -0.05) is 29.8 Å². The average molecular weight is 305 g/mol. The molecule has 2 aromatic rings. The summed E-state index contributed by atoms with van der Waals surface area (Å²) in [6.07, 6.45) is -6.12. The van der Waals surface area contributed by atoms with Crippen LogP contribution in [-0.2, 0) is 6.18 Å². The molecule has 106 valence electrons. The Hall–Kier alpha value is -1.59. The number of halogens is 5. The molecule has 1 atom stereocenters. The molecule has 2 rings (SSSR count). The number of aliphatic hydroxyl groups excluding tert-OH is 1. The second-order valence-corrected chi connectivity index (χ2v) is 4.63. The molecule has 0 saturated carbocycles. The topological polar surface area (TPSA) is 20.2 Å². The Bertz CT molecular complexity index is 625. The van der Waals surface area contributed by atoms with Gasteiger partial charge >= 0.3 is 6.18 Å². The number of hydrogen-bond donors (Lipinski definition) is 1. The van der Waals surface area contributed by atoms with Crippen molar-refractivity contribution in [2.45, 2.75) is 12.3 Å². The third-order valence-electron chi connectivity index (χ3n) is 2.78. The molecule has 0 spiro atoms. The van der Waals surface area contributed by atoms with E-state index in [-0.39, 0.29) is 5.56 Å². The van der Waals surface area contributed by atoms with E-state index in [2.05, 4.69) is 0 Å². The first-order valence-corrected chi connectivity index (χ1v) is 5.97. The Labute approximate surface area is 117 Å². The van der Waals surface area contributed by atoms with Gasteiger partial charge in [0.25, 0.3) is 0 Å². The zero-order valence-corrected chi connectivity index (χ0v) is 10.7. The molecule has 0 saturated heterocycles. The van der Waals surface area contributed by atoms with Gasteiger partial charge < -0.3 is 5.11 Å². The highest BCUT2D eigenvalue weighted by atomic mass is 35.5. The van der Waals surface area contributed by atoms with Crippen LogP contribution in [0.25, 0.3) is 0 Å². The molecule has 0 bridgehead atoms. The summed E-state index contributed by atoms with van der Waals surface area (Å²) >= 11 is 5.75. The summed E-state index contributed by atoms with van der Waals surface area (Å²) in [5, 5.41) is 10.4. The summed E-state index contributed by atoms with van der Waals surface area (Å²) in [6.45, 7) is 0. The molecule has 0 aliphatic rings. The van der Waals surface area contributed by atoms with Gasteiger partial charge in [0, 0.05) is 5.02 Å². The number of alkyl halides is 3. The van der Waals surface area contributed by atoms with Crippen LogP contribution in [0, 0.1) is 5.82 Å². The molecular weight excluding hydrogens is 296 g/mol. The van der Waals surface area contributed by atoms with Gasteiger partial charge in [0.1, 0.15) is 11.9 Å². The summed E-state index contributed by atoms with van der Waals surface area (Å²) in [6, 6.07) is 8.48. The van der Waals surface area contributed by atoms with Crippen LogP contribution in [0.3, 0.4) is 0 Å². The predicted octanol–water partition coefficient (Wildman–Crippen LogP) is 4.58. The summed E-state index contributed by atoms with van der Waals surface area (Å²) < 4.78 is 51.0. The first-order valence-electron chi connectivity index (χ1n) is 5.59. The van der Waals surface area contributed by atoms with Gasteiger partial charge in [-0.25, -0.2) is 4.39 Å². The maximum Gasteiger partial charge on any atom is 0.419 e. The van der Waals surface area contributed by atoms with E-state index in [1.165, 1.54) is 12.1 Å². The fourth-order valence-corrected chi connectivity index (χ4v) is 2.00. The van der Waals surface area contributed by atoms with Crippen molar-refractivity contribution >= 4 is 11.6 Å². The molecule has 1 nitrogen and oxygen atoms in total. The van der Waals surface area contributed by atoms with Gasteiger partial charge in [0.2, 0.25) is 0 Å². The highest BCUT2D eigenvalue weighted by molar-refractivity contribution is 6.30. The molecule has 0 aliphatic heterocycles. The minimum absolute atomic E-state index is 0.0546. The maximum absolute atomic E-state index is 13.2. The van der Waals surface area contributed by atoms with Crippen LogP contribution in [-0.4, -0.2) is 5.11 Å². The van der Waals surface area contributed by atoms with Crippen LogP contribution in [0.15, 0.2) is 42.5 Å². The second kappa shape index (κ2) is 5.42. The van der Waals surface area contributed by atoms with Gasteiger partial charge in [0.05, 0.1) is 5.56 Å². The van der Waals surface area contributed by atoms with E-state index in [0.717, 1.165) is 6.07 Å². The predicted molar refractivity (Wildman–Crippen MR) is 66.9 cm³/mol. The van der Waals surface area contributed by atoms with E-state index in [1.54, 1.807) is 12.1 Å². The number of hydrogen-bond acceptors (Lipinski definition) is 1.